The lowest BCUT2D eigenvalue weighted by Gasteiger charge is -2.26. The van der Waals surface area contributed by atoms with Gasteiger partial charge in [-0.25, -0.2) is 0 Å². The molecule has 0 bridgehead atoms. The van der Waals surface area contributed by atoms with Crippen molar-refractivity contribution in [3.8, 4) is 0 Å². The van der Waals surface area contributed by atoms with E-state index in [1.54, 1.807) is 0 Å². The van der Waals surface area contributed by atoms with Gasteiger partial charge in [-0.2, -0.15) is 22.0 Å². The fourth-order valence-corrected chi connectivity index (χ4v) is 0.413. The summed E-state index contributed by atoms with van der Waals surface area (Å²) in [4.78, 5) is 0. The van der Waals surface area contributed by atoms with Gasteiger partial charge in [-0.1, -0.05) is 13.8 Å². The standard InChI is InChI=1S/C7H11F5O2/c1-5(2,3-13)4-14-7(11,12)6(8,9)10/h13H,3-4H2,1-2H3. The number of rotatable bonds is 4. The fraction of sp³-hybridized carbons (Fsp3) is 1.00. The molecule has 0 aromatic carbocycles. The van der Waals surface area contributed by atoms with Gasteiger partial charge >= 0.3 is 12.3 Å². The highest BCUT2D eigenvalue weighted by Gasteiger charge is 2.59. The van der Waals surface area contributed by atoms with Crippen molar-refractivity contribution in [3.63, 3.8) is 0 Å². The molecule has 0 aliphatic heterocycles. The minimum atomic E-state index is -5.72. The van der Waals surface area contributed by atoms with Gasteiger partial charge < -0.3 is 9.84 Å². The Balaban J connectivity index is 4.27. The monoisotopic (exact) mass is 222 g/mol. The van der Waals surface area contributed by atoms with Gasteiger partial charge in [-0.05, 0) is 0 Å². The van der Waals surface area contributed by atoms with E-state index < -0.39 is 30.9 Å². The topological polar surface area (TPSA) is 29.5 Å². The lowest BCUT2D eigenvalue weighted by atomic mass is 9.97. The number of halogens is 5. The van der Waals surface area contributed by atoms with Gasteiger partial charge in [0, 0.05) is 5.41 Å². The summed E-state index contributed by atoms with van der Waals surface area (Å²) in [5.74, 6) is 0. The molecule has 0 amide bonds. The molecule has 0 atom stereocenters. The van der Waals surface area contributed by atoms with Crippen LogP contribution in [0.3, 0.4) is 0 Å². The average Bonchev–Trinajstić information content (AvgIpc) is 1.99. The maximum absolute atomic E-state index is 12.2. The molecule has 0 fully saturated rings. The van der Waals surface area contributed by atoms with Crippen LogP contribution in [0.15, 0.2) is 0 Å². The third-order valence-corrected chi connectivity index (χ3v) is 1.40. The van der Waals surface area contributed by atoms with Crippen LogP contribution in [0.1, 0.15) is 13.8 Å². The summed E-state index contributed by atoms with van der Waals surface area (Å²) < 4.78 is 62.5. The molecule has 0 rings (SSSR count). The molecule has 2 nitrogen and oxygen atoms in total. The molecular weight excluding hydrogens is 211 g/mol. The van der Waals surface area contributed by atoms with Gasteiger partial charge in [0.2, 0.25) is 0 Å². The molecule has 0 saturated carbocycles. The number of hydrogen-bond donors (Lipinski definition) is 1. The summed E-state index contributed by atoms with van der Waals surface area (Å²) in [5, 5.41) is 8.59. The first-order valence-electron chi connectivity index (χ1n) is 3.71. The minimum Gasteiger partial charge on any atom is -0.396 e. The molecule has 0 saturated heterocycles. The molecular formula is C7H11F5O2. The highest BCUT2D eigenvalue weighted by Crippen LogP contribution is 2.37. The van der Waals surface area contributed by atoms with Crippen LogP contribution in [-0.2, 0) is 4.74 Å². The summed E-state index contributed by atoms with van der Waals surface area (Å²) in [6, 6.07) is 0. The maximum atomic E-state index is 12.2. The van der Waals surface area contributed by atoms with Crippen LogP contribution in [0.2, 0.25) is 0 Å². The molecule has 1 N–H and O–H groups in total. The van der Waals surface area contributed by atoms with E-state index in [0.29, 0.717) is 0 Å². The SMILES string of the molecule is CC(C)(CO)COC(F)(F)C(F)(F)F. The van der Waals surface area contributed by atoms with E-state index in [1.807, 2.05) is 0 Å². The predicted octanol–water partition coefficient (Wildman–Crippen LogP) is 2.18. The molecule has 0 aromatic rings. The number of ether oxygens (including phenoxy) is 1. The number of aliphatic hydroxyl groups excluding tert-OH is 1. The zero-order valence-electron chi connectivity index (χ0n) is 7.66. The zero-order valence-corrected chi connectivity index (χ0v) is 7.66. The Morgan fingerprint density at radius 1 is 1.07 bits per heavy atom. The molecule has 0 spiro atoms. The highest BCUT2D eigenvalue weighted by molar-refractivity contribution is 4.70. The van der Waals surface area contributed by atoms with Crippen molar-refractivity contribution in [2.24, 2.45) is 5.41 Å². The predicted molar refractivity (Wildman–Crippen MR) is 37.8 cm³/mol. The van der Waals surface area contributed by atoms with Crippen molar-refractivity contribution in [1.82, 2.24) is 0 Å². The first-order chi connectivity index (χ1) is 6.02. The maximum Gasteiger partial charge on any atom is 0.482 e. The number of hydrogen-bond acceptors (Lipinski definition) is 2. The number of aliphatic hydroxyl groups is 1. The van der Waals surface area contributed by atoms with Crippen molar-refractivity contribution in [2.45, 2.75) is 26.1 Å². The second-order valence-corrected chi connectivity index (χ2v) is 3.63. The summed E-state index contributed by atoms with van der Waals surface area (Å²) in [5.41, 5.74) is -1.13. The Morgan fingerprint density at radius 3 is 1.79 bits per heavy atom. The van der Waals surface area contributed by atoms with Gasteiger partial charge in [0.15, 0.2) is 0 Å². The summed E-state index contributed by atoms with van der Waals surface area (Å²) in [6.07, 6.45) is -10.9. The van der Waals surface area contributed by atoms with Crippen molar-refractivity contribution < 1.29 is 31.8 Å². The van der Waals surface area contributed by atoms with Gasteiger partial charge in [-0.3, -0.25) is 0 Å². The van der Waals surface area contributed by atoms with Crippen molar-refractivity contribution >= 4 is 0 Å². The molecule has 0 unspecified atom stereocenters. The normalized spacial score (nSPS) is 14.6. The van der Waals surface area contributed by atoms with E-state index in [-0.39, 0.29) is 0 Å². The van der Waals surface area contributed by atoms with E-state index in [0.717, 1.165) is 0 Å². The molecule has 86 valence electrons. The zero-order chi connectivity index (χ0) is 11.6. The third kappa shape index (κ3) is 3.75. The molecule has 0 heterocycles. The van der Waals surface area contributed by atoms with E-state index in [9.17, 15) is 22.0 Å². The largest absolute Gasteiger partial charge is 0.482 e. The van der Waals surface area contributed by atoms with Crippen LogP contribution in [0, 0.1) is 5.41 Å². The van der Waals surface area contributed by atoms with Gasteiger partial charge in [-0.15, -0.1) is 0 Å². The molecule has 14 heavy (non-hydrogen) atoms. The van der Waals surface area contributed by atoms with Gasteiger partial charge in [0.25, 0.3) is 0 Å². The second-order valence-electron chi connectivity index (χ2n) is 3.63. The quantitative estimate of drug-likeness (QED) is 0.738. The second kappa shape index (κ2) is 3.98. The van der Waals surface area contributed by atoms with E-state index >= 15 is 0 Å². The van der Waals surface area contributed by atoms with Crippen LogP contribution in [0.25, 0.3) is 0 Å². The Labute approximate surface area is 77.7 Å². The first-order valence-corrected chi connectivity index (χ1v) is 3.71. The molecule has 7 heteroatoms. The van der Waals surface area contributed by atoms with Crippen LogP contribution in [0.5, 0.6) is 0 Å². The summed E-state index contributed by atoms with van der Waals surface area (Å²) in [7, 11) is 0. The third-order valence-electron chi connectivity index (χ3n) is 1.40. The fourth-order valence-electron chi connectivity index (χ4n) is 0.413. The van der Waals surface area contributed by atoms with Crippen LogP contribution < -0.4 is 0 Å². The first kappa shape index (κ1) is 13.6. The Hall–Kier alpha value is -0.430. The van der Waals surface area contributed by atoms with E-state index in [2.05, 4.69) is 4.74 Å². The Morgan fingerprint density at radius 2 is 1.50 bits per heavy atom. The Kier molecular flexibility index (Phi) is 3.85. The van der Waals surface area contributed by atoms with Crippen LogP contribution in [-0.4, -0.2) is 30.6 Å². The molecule has 0 aliphatic carbocycles. The van der Waals surface area contributed by atoms with Gasteiger partial charge in [0.05, 0.1) is 13.2 Å². The molecule has 0 aliphatic rings. The van der Waals surface area contributed by atoms with Gasteiger partial charge in [0.1, 0.15) is 0 Å². The Bertz CT molecular complexity index is 187. The minimum absolute atomic E-state index is 0.541. The van der Waals surface area contributed by atoms with Crippen molar-refractivity contribution in [1.29, 1.82) is 0 Å². The lowest BCUT2D eigenvalue weighted by molar-refractivity contribution is -0.395. The molecule has 0 radical (unpaired) electrons. The van der Waals surface area contributed by atoms with Crippen LogP contribution in [0.4, 0.5) is 22.0 Å². The van der Waals surface area contributed by atoms with Crippen molar-refractivity contribution in [2.75, 3.05) is 13.2 Å². The highest BCUT2D eigenvalue weighted by atomic mass is 19.4. The lowest BCUT2D eigenvalue weighted by Crippen LogP contribution is -2.42. The number of alkyl halides is 5. The van der Waals surface area contributed by atoms with Crippen molar-refractivity contribution in [3.05, 3.63) is 0 Å². The van der Waals surface area contributed by atoms with Crippen LogP contribution >= 0.6 is 0 Å². The van der Waals surface area contributed by atoms with E-state index in [1.165, 1.54) is 13.8 Å². The summed E-state index contributed by atoms with van der Waals surface area (Å²) in [6.45, 7) is 1.19. The van der Waals surface area contributed by atoms with E-state index in [4.69, 9.17) is 5.11 Å². The average molecular weight is 222 g/mol. The summed E-state index contributed by atoms with van der Waals surface area (Å²) >= 11 is 0. The molecule has 0 aromatic heterocycles. The smallest absolute Gasteiger partial charge is 0.396 e.